The van der Waals surface area contributed by atoms with Crippen molar-refractivity contribution in [3.05, 3.63) is 0 Å². The summed E-state index contributed by atoms with van der Waals surface area (Å²) < 4.78 is 0. The zero-order valence-electron chi connectivity index (χ0n) is 10.1. The van der Waals surface area contributed by atoms with Gasteiger partial charge in [0.25, 0.3) is 0 Å². The van der Waals surface area contributed by atoms with Crippen molar-refractivity contribution in [1.29, 1.82) is 0 Å². The number of rotatable bonds is 6. The van der Waals surface area contributed by atoms with Crippen molar-refractivity contribution < 1.29 is 0 Å². The van der Waals surface area contributed by atoms with E-state index in [9.17, 15) is 0 Å². The van der Waals surface area contributed by atoms with Gasteiger partial charge >= 0.3 is 0 Å². The van der Waals surface area contributed by atoms with Crippen molar-refractivity contribution in [2.45, 2.75) is 33.1 Å². The third-order valence-electron chi connectivity index (χ3n) is 3.51. The summed E-state index contributed by atoms with van der Waals surface area (Å²) in [7, 11) is 2.25. The van der Waals surface area contributed by atoms with Crippen molar-refractivity contribution in [3.8, 4) is 0 Å². The van der Waals surface area contributed by atoms with Crippen LogP contribution in [0.1, 0.15) is 33.1 Å². The monoisotopic (exact) mass is 198 g/mol. The van der Waals surface area contributed by atoms with E-state index in [1.54, 1.807) is 0 Å². The van der Waals surface area contributed by atoms with E-state index in [1.165, 1.54) is 32.4 Å². The van der Waals surface area contributed by atoms with Crippen LogP contribution in [-0.2, 0) is 0 Å². The summed E-state index contributed by atoms with van der Waals surface area (Å²) in [6.45, 7) is 9.29. The van der Waals surface area contributed by atoms with Crippen LogP contribution in [0.15, 0.2) is 0 Å². The largest absolute Gasteiger partial charge is 0.316 e. The summed E-state index contributed by atoms with van der Waals surface area (Å²) >= 11 is 0. The van der Waals surface area contributed by atoms with E-state index in [4.69, 9.17) is 0 Å². The van der Waals surface area contributed by atoms with E-state index in [2.05, 4.69) is 31.1 Å². The lowest BCUT2D eigenvalue weighted by Gasteiger charge is -2.23. The van der Waals surface area contributed by atoms with Crippen LogP contribution >= 0.6 is 0 Å². The minimum absolute atomic E-state index is 0.955. The number of hydrogen-bond acceptors (Lipinski definition) is 2. The van der Waals surface area contributed by atoms with Gasteiger partial charge in [0, 0.05) is 19.6 Å². The van der Waals surface area contributed by atoms with Crippen molar-refractivity contribution in [2.24, 2.45) is 11.8 Å². The average molecular weight is 198 g/mol. The fraction of sp³-hybridized carbons (Fsp3) is 1.00. The fourth-order valence-corrected chi connectivity index (χ4v) is 2.43. The summed E-state index contributed by atoms with van der Waals surface area (Å²) in [5, 5.41) is 3.37. The molecule has 0 bridgehead atoms. The predicted octanol–water partition coefficient (Wildman–Crippen LogP) is 1.96. The smallest absolute Gasteiger partial charge is 0.0104 e. The molecule has 0 radical (unpaired) electrons. The highest BCUT2D eigenvalue weighted by molar-refractivity contribution is 4.76. The van der Waals surface area contributed by atoms with Crippen LogP contribution in [0.25, 0.3) is 0 Å². The van der Waals surface area contributed by atoms with E-state index >= 15 is 0 Å². The normalized spacial score (nSPS) is 27.4. The van der Waals surface area contributed by atoms with Crippen LogP contribution in [0.3, 0.4) is 0 Å². The minimum Gasteiger partial charge on any atom is -0.316 e. The van der Waals surface area contributed by atoms with Gasteiger partial charge in [-0.15, -0.1) is 0 Å². The van der Waals surface area contributed by atoms with Gasteiger partial charge in [0.15, 0.2) is 0 Å². The molecule has 1 aliphatic rings. The first-order chi connectivity index (χ1) is 6.74. The topological polar surface area (TPSA) is 15.3 Å². The quantitative estimate of drug-likeness (QED) is 0.656. The molecule has 84 valence electrons. The Morgan fingerprint density at radius 2 is 2.14 bits per heavy atom. The highest BCUT2D eigenvalue weighted by Crippen LogP contribution is 2.31. The molecular formula is C12H26N2. The lowest BCUT2D eigenvalue weighted by Crippen LogP contribution is -2.33. The maximum atomic E-state index is 3.37. The van der Waals surface area contributed by atoms with Gasteiger partial charge in [0.1, 0.15) is 0 Å². The van der Waals surface area contributed by atoms with Gasteiger partial charge in [-0.25, -0.2) is 0 Å². The second kappa shape index (κ2) is 6.41. The lowest BCUT2D eigenvalue weighted by molar-refractivity contribution is 0.248. The molecular weight excluding hydrogens is 172 g/mol. The second-order valence-electron chi connectivity index (χ2n) is 4.78. The Balaban J connectivity index is 2.09. The van der Waals surface area contributed by atoms with E-state index in [0.717, 1.165) is 24.9 Å². The molecule has 1 fully saturated rings. The fourth-order valence-electron chi connectivity index (χ4n) is 2.43. The Morgan fingerprint density at radius 1 is 1.36 bits per heavy atom. The lowest BCUT2D eigenvalue weighted by atomic mass is 9.98. The van der Waals surface area contributed by atoms with Crippen LogP contribution in [0.5, 0.6) is 0 Å². The molecule has 1 rings (SSSR count). The molecule has 0 saturated heterocycles. The molecule has 0 aromatic rings. The molecule has 2 unspecified atom stereocenters. The molecule has 2 atom stereocenters. The summed E-state index contributed by atoms with van der Waals surface area (Å²) in [4.78, 5) is 2.48. The maximum Gasteiger partial charge on any atom is 0.0104 e. The summed E-state index contributed by atoms with van der Waals surface area (Å²) in [5.74, 6) is 1.92. The highest BCUT2D eigenvalue weighted by Gasteiger charge is 2.23. The summed E-state index contributed by atoms with van der Waals surface area (Å²) in [5.41, 5.74) is 0. The molecule has 1 N–H and O–H groups in total. The second-order valence-corrected chi connectivity index (χ2v) is 4.78. The molecule has 0 amide bonds. The first kappa shape index (κ1) is 12.0. The zero-order valence-corrected chi connectivity index (χ0v) is 10.1. The van der Waals surface area contributed by atoms with Gasteiger partial charge in [-0.3, -0.25) is 0 Å². The molecule has 1 aliphatic carbocycles. The van der Waals surface area contributed by atoms with Crippen molar-refractivity contribution in [2.75, 3.05) is 33.2 Å². The average Bonchev–Trinajstić information content (AvgIpc) is 2.52. The van der Waals surface area contributed by atoms with Gasteiger partial charge in [0.2, 0.25) is 0 Å². The molecule has 0 aliphatic heterocycles. The van der Waals surface area contributed by atoms with Gasteiger partial charge in [0.05, 0.1) is 0 Å². The standard InChI is InChI=1S/C12H26N2/c1-4-13-8-9-14(3)10-12-7-5-6-11(12)2/h11-13H,4-10H2,1-3H3. The van der Waals surface area contributed by atoms with Gasteiger partial charge < -0.3 is 10.2 Å². The van der Waals surface area contributed by atoms with Crippen LogP contribution in [0.4, 0.5) is 0 Å². The number of hydrogen-bond donors (Lipinski definition) is 1. The molecule has 0 aromatic heterocycles. The molecule has 1 saturated carbocycles. The SMILES string of the molecule is CCNCCN(C)CC1CCCC1C. The van der Waals surface area contributed by atoms with Crippen LogP contribution in [-0.4, -0.2) is 38.1 Å². The Bertz CT molecular complexity index is 147. The van der Waals surface area contributed by atoms with E-state index in [-0.39, 0.29) is 0 Å². The van der Waals surface area contributed by atoms with E-state index in [0.29, 0.717) is 0 Å². The van der Waals surface area contributed by atoms with Gasteiger partial charge in [-0.1, -0.05) is 26.7 Å². The third kappa shape index (κ3) is 3.97. The van der Waals surface area contributed by atoms with Crippen LogP contribution < -0.4 is 5.32 Å². The Kier molecular flexibility index (Phi) is 5.49. The summed E-state index contributed by atoms with van der Waals surface area (Å²) in [6.07, 6.45) is 4.35. The van der Waals surface area contributed by atoms with Crippen molar-refractivity contribution >= 4 is 0 Å². The van der Waals surface area contributed by atoms with Crippen molar-refractivity contribution in [3.63, 3.8) is 0 Å². The van der Waals surface area contributed by atoms with Crippen LogP contribution in [0.2, 0.25) is 0 Å². The molecule has 0 aromatic carbocycles. The van der Waals surface area contributed by atoms with E-state index in [1.807, 2.05) is 0 Å². The zero-order chi connectivity index (χ0) is 10.4. The molecule has 2 nitrogen and oxygen atoms in total. The number of nitrogens with zero attached hydrogens (tertiary/aromatic N) is 1. The molecule has 0 heterocycles. The summed E-state index contributed by atoms with van der Waals surface area (Å²) in [6, 6.07) is 0. The van der Waals surface area contributed by atoms with Gasteiger partial charge in [-0.2, -0.15) is 0 Å². The Morgan fingerprint density at radius 3 is 2.71 bits per heavy atom. The van der Waals surface area contributed by atoms with Crippen LogP contribution in [0, 0.1) is 11.8 Å². The van der Waals surface area contributed by atoms with Crippen molar-refractivity contribution in [1.82, 2.24) is 10.2 Å². The Labute approximate surface area is 89.1 Å². The number of likely N-dealkylation sites (N-methyl/N-ethyl adjacent to an activating group) is 2. The molecule has 14 heavy (non-hydrogen) atoms. The number of nitrogens with one attached hydrogen (secondary N) is 1. The minimum atomic E-state index is 0.955. The highest BCUT2D eigenvalue weighted by atomic mass is 15.1. The molecule has 2 heteroatoms. The first-order valence-corrected chi connectivity index (χ1v) is 6.13. The van der Waals surface area contributed by atoms with Gasteiger partial charge in [-0.05, 0) is 31.8 Å². The third-order valence-corrected chi connectivity index (χ3v) is 3.51. The van der Waals surface area contributed by atoms with E-state index < -0.39 is 0 Å². The first-order valence-electron chi connectivity index (χ1n) is 6.13. The predicted molar refractivity (Wildman–Crippen MR) is 62.5 cm³/mol. The maximum absolute atomic E-state index is 3.37. The molecule has 0 spiro atoms. The Hall–Kier alpha value is -0.0800.